The van der Waals surface area contributed by atoms with Crippen LogP contribution in [-0.2, 0) is 22.2 Å². The molecule has 128 valence electrons. The average molecular weight is 355 g/mol. The number of aromatic nitrogens is 4. The van der Waals surface area contributed by atoms with Gasteiger partial charge in [-0.2, -0.15) is 13.9 Å². The molecule has 0 aliphatic heterocycles. The summed E-state index contributed by atoms with van der Waals surface area (Å²) in [6.45, 7) is 0. The first kappa shape index (κ1) is 15.4. The van der Waals surface area contributed by atoms with E-state index >= 15 is 0 Å². The maximum atomic E-state index is 14.0. The summed E-state index contributed by atoms with van der Waals surface area (Å²) in [4.78, 5) is 7.55. The maximum absolute atomic E-state index is 14.0. The SMILES string of the molecule is CS(=O)(=O)c1nc(Nc2cc(C3CC3)[nH]n2)c2c(n1)C(F)(F)CC2. The highest BCUT2D eigenvalue weighted by molar-refractivity contribution is 7.90. The number of H-pyrrole nitrogens is 1. The maximum Gasteiger partial charge on any atom is 0.290 e. The van der Waals surface area contributed by atoms with Crippen LogP contribution in [0.2, 0.25) is 0 Å². The molecule has 0 radical (unpaired) electrons. The van der Waals surface area contributed by atoms with E-state index in [0.717, 1.165) is 24.8 Å². The molecule has 7 nitrogen and oxygen atoms in total. The van der Waals surface area contributed by atoms with Crippen LogP contribution in [0, 0.1) is 0 Å². The van der Waals surface area contributed by atoms with Crippen molar-refractivity contribution in [2.45, 2.75) is 42.7 Å². The van der Waals surface area contributed by atoms with Crippen molar-refractivity contribution in [3.8, 4) is 0 Å². The Hall–Kier alpha value is -2.10. The monoisotopic (exact) mass is 355 g/mol. The van der Waals surface area contributed by atoms with Gasteiger partial charge in [0.15, 0.2) is 5.82 Å². The summed E-state index contributed by atoms with van der Waals surface area (Å²) in [6, 6.07) is 1.79. The Bertz CT molecular complexity index is 921. The second-order valence-corrected chi connectivity index (χ2v) is 8.18. The molecule has 0 atom stereocenters. The summed E-state index contributed by atoms with van der Waals surface area (Å²) in [5, 5.41) is 9.25. The smallest absolute Gasteiger partial charge is 0.290 e. The van der Waals surface area contributed by atoms with Gasteiger partial charge in [0.1, 0.15) is 11.5 Å². The Kier molecular flexibility index (Phi) is 3.18. The van der Waals surface area contributed by atoms with E-state index in [2.05, 4.69) is 25.5 Å². The van der Waals surface area contributed by atoms with Crippen LogP contribution in [0.15, 0.2) is 11.2 Å². The van der Waals surface area contributed by atoms with Gasteiger partial charge in [0.25, 0.3) is 5.92 Å². The van der Waals surface area contributed by atoms with E-state index in [0.29, 0.717) is 11.7 Å². The quantitative estimate of drug-likeness (QED) is 0.816. The van der Waals surface area contributed by atoms with E-state index in [4.69, 9.17) is 0 Å². The number of nitrogens with one attached hydrogen (secondary N) is 2. The lowest BCUT2D eigenvalue weighted by atomic mass is 10.2. The highest BCUT2D eigenvalue weighted by Gasteiger charge is 2.43. The highest BCUT2D eigenvalue weighted by Crippen LogP contribution is 2.44. The van der Waals surface area contributed by atoms with Gasteiger partial charge in [-0.25, -0.2) is 18.4 Å². The van der Waals surface area contributed by atoms with Gasteiger partial charge in [0, 0.05) is 35.9 Å². The summed E-state index contributed by atoms with van der Waals surface area (Å²) in [7, 11) is -3.81. The fraction of sp³-hybridized carbons (Fsp3) is 0.500. The molecule has 0 unspecified atom stereocenters. The van der Waals surface area contributed by atoms with Crippen LogP contribution < -0.4 is 5.32 Å². The highest BCUT2D eigenvalue weighted by atomic mass is 32.2. The number of aromatic amines is 1. The van der Waals surface area contributed by atoms with Gasteiger partial charge < -0.3 is 5.32 Å². The van der Waals surface area contributed by atoms with Gasteiger partial charge in [-0.05, 0) is 19.3 Å². The van der Waals surface area contributed by atoms with Crippen molar-refractivity contribution < 1.29 is 17.2 Å². The summed E-state index contributed by atoms with van der Waals surface area (Å²) in [5.41, 5.74) is 0.693. The van der Waals surface area contributed by atoms with E-state index in [-0.39, 0.29) is 17.8 Å². The van der Waals surface area contributed by atoms with Crippen molar-refractivity contribution in [1.82, 2.24) is 20.2 Å². The first-order valence-corrected chi connectivity index (χ1v) is 9.45. The van der Waals surface area contributed by atoms with Crippen molar-refractivity contribution in [3.63, 3.8) is 0 Å². The van der Waals surface area contributed by atoms with Crippen LogP contribution in [0.3, 0.4) is 0 Å². The van der Waals surface area contributed by atoms with E-state index in [1.54, 1.807) is 6.07 Å². The zero-order valence-electron chi connectivity index (χ0n) is 12.8. The molecule has 2 aromatic heterocycles. The number of hydrogen-bond acceptors (Lipinski definition) is 6. The van der Waals surface area contributed by atoms with Crippen molar-refractivity contribution in [3.05, 3.63) is 23.0 Å². The third-order valence-corrected chi connectivity index (χ3v) is 5.06. The number of alkyl halides is 2. The Labute approximate surface area is 136 Å². The van der Waals surface area contributed by atoms with E-state index < -0.39 is 33.0 Å². The molecule has 2 aliphatic rings. The summed E-state index contributed by atoms with van der Waals surface area (Å²) < 4.78 is 51.5. The Morgan fingerprint density at radius 3 is 2.75 bits per heavy atom. The number of sulfone groups is 1. The number of halogens is 2. The average Bonchev–Trinajstić information content (AvgIpc) is 3.16. The number of anilines is 2. The predicted molar refractivity (Wildman–Crippen MR) is 81.2 cm³/mol. The Morgan fingerprint density at radius 2 is 2.08 bits per heavy atom. The van der Waals surface area contributed by atoms with E-state index in [1.165, 1.54) is 0 Å². The molecule has 2 aromatic rings. The normalized spacial score (nSPS) is 19.3. The van der Waals surface area contributed by atoms with Crippen LogP contribution in [0.5, 0.6) is 0 Å². The first-order chi connectivity index (χ1) is 11.2. The molecular weight excluding hydrogens is 340 g/mol. The lowest BCUT2D eigenvalue weighted by molar-refractivity contribution is -0.00652. The van der Waals surface area contributed by atoms with Gasteiger partial charge in [-0.3, -0.25) is 5.10 Å². The van der Waals surface area contributed by atoms with Gasteiger partial charge >= 0.3 is 0 Å². The molecular formula is C14H15F2N5O2S. The minimum absolute atomic E-state index is 0.0754. The second-order valence-electron chi connectivity index (χ2n) is 6.27. The summed E-state index contributed by atoms with van der Waals surface area (Å²) in [6.07, 6.45) is 2.75. The molecule has 2 aliphatic carbocycles. The molecule has 0 bridgehead atoms. The summed E-state index contributed by atoms with van der Waals surface area (Å²) >= 11 is 0. The predicted octanol–water partition coefficient (Wildman–Crippen LogP) is 2.26. The van der Waals surface area contributed by atoms with Crippen molar-refractivity contribution in [1.29, 1.82) is 0 Å². The molecule has 1 saturated carbocycles. The van der Waals surface area contributed by atoms with Gasteiger partial charge in [0.2, 0.25) is 15.0 Å². The van der Waals surface area contributed by atoms with Crippen molar-refractivity contribution in [2.24, 2.45) is 0 Å². The lowest BCUT2D eigenvalue weighted by Crippen LogP contribution is -2.15. The van der Waals surface area contributed by atoms with E-state index in [9.17, 15) is 17.2 Å². The Morgan fingerprint density at radius 1 is 1.33 bits per heavy atom. The number of rotatable bonds is 4. The zero-order valence-corrected chi connectivity index (χ0v) is 13.6. The number of fused-ring (bicyclic) bond motifs is 1. The van der Waals surface area contributed by atoms with Gasteiger partial charge in [0.05, 0.1) is 0 Å². The topological polar surface area (TPSA) is 101 Å². The molecule has 0 amide bonds. The van der Waals surface area contributed by atoms with Crippen LogP contribution in [0.4, 0.5) is 20.4 Å². The van der Waals surface area contributed by atoms with Gasteiger partial charge in [-0.15, -0.1) is 0 Å². The van der Waals surface area contributed by atoms with Crippen LogP contribution >= 0.6 is 0 Å². The molecule has 0 aromatic carbocycles. The minimum atomic E-state index is -3.81. The Balaban J connectivity index is 1.77. The summed E-state index contributed by atoms with van der Waals surface area (Å²) in [5.74, 6) is -2.20. The third kappa shape index (κ3) is 2.64. The third-order valence-electron chi connectivity index (χ3n) is 4.21. The van der Waals surface area contributed by atoms with Crippen molar-refractivity contribution >= 4 is 21.5 Å². The molecule has 0 saturated heterocycles. The molecule has 2 heterocycles. The first-order valence-electron chi connectivity index (χ1n) is 7.55. The second kappa shape index (κ2) is 4.95. The van der Waals surface area contributed by atoms with Crippen LogP contribution in [0.1, 0.15) is 42.1 Å². The van der Waals surface area contributed by atoms with E-state index in [1.807, 2.05) is 0 Å². The molecule has 0 spiro atoms. The fourth-order valence-electron chi connectivity index (χ4n) is 2.80. The van der Waals surface area contributed by atoms with Crippen LogP contribution in [-0.4, -0.2) is 34.8 Å². The zero-order chi connectivity index (χ0) is 17.1. The number of nitrogens with zero attached hydrogens (tertiary/aromatic N) is 3. The largest absolute Gasteiger partial charge is 0.323 e. The molecule has 24 heavy (non-hydrogen) atoms. The molecule has 10 heteroatoms. The van der Waals surface area contributed by atoms with Crippen molar-refractivity contribution in [2.75, 3.05) is 11.6 Å². The van der Waals surface area contributed by atoms with Gasteiger partial charge in [-0.1, -0.05) is 0 Å². The fourth-order valence-corrected chi connectivity index (χ4v) is 3.31. The number of hydrogen-bond donors (Lipinski definition) is 2. The molecule has 1 fully saturated rings. The molecule has 4 rings (SSSR count). The molecule has 2 N–H and O–H groups in total. The minimum Gasteiger partial charge on any atom is -0.323 e. The lowest BCUT2D eigenvalue weighted by Gasteiger charge is -2.12. The standard InChI is InChI=1S/C14H15F2N5O2S/c1-24(22,23)13-18-11-8(4-5-14(11,15)16)12(19-13)17-10-6-9(20-21-10)7-2-3-7/h6-7H,2-5H2,1H3,(H2,17,18,19,20,21). The van der Waals surface area contributed by atoms with Crippen LogP contribution in [0.25, 0.3) is 0 Å².